The number of rotatable bonds is 14. The molecule has 4 N–H and O–H groups in total. The first-order valence-corrected chi connectivity index (χ1v) is 12.2. The van der Waals surface area contributed by atoms with E-state index < -0.39 is 18.2 Å². The summed E-state index contributed by atoms with van der Waals surface area (Å²) in [6.45, 7) is 0.616. The lowest BCUT2D eigenvalue weighted by molar-refractivity contribution is -0.137. The molecule has 0 radical (unpaired) electrons. The highest BCUT2D eigenvalue weighted by atomic mass is 16.5. The van der Waals surface area contributed by atoms with E-state index in [0.29, 0.717) is 13.0 Å². The number of unbranched alkanes of at least 4 members (excludes halogenated alkanes) is 4. The van der Waals surface area contributed by atoms with Crippen LogP contribution in [0, 0.1) is 0 Å². The van der Waals surface area contributed by atoms with Crippen LogP contribution in [0.4, 0.5) is 4.79 Å². The van der Waals surface area contributed by atoms with Gasteiger partial charge in [0, 0.05) is 25.4 Å². The Labute approximate surface area is 205 Å². The lowest BCUT2D eigenvalue weighted by Gasteiger charge is -2.16. The van der Waals surface area contributed by atoms with Crippen LogP contribution in [0.15, 0.2) is 48.5 Å². The average Bonchev–Trinajstić information content (AvgIpc) is 3.16. The maximum atomic E-state index is 12.2. The SMILES string of the molecule is O=C(O)CCCCCCCNC(=O)CC(O)CNC(=O)OCC1c2ccccc2-c2ccccc21. The molecule has 3 rings (SSSR count). The molecule has 1 aliphatic carbocycles. The molecule has 2 aromatic rings. The number of carbonyl (C=O) groups is 3. The van der Waals surface area contributed by atoms with E-state index in [0.717, 1.165) is 47.9 Å². The molecule has 0 bridgehead atoms. The van der Waals surface area contributed by atoms with E-state index in [1.54, 1.807) is 0 Å². The molecule has 8 nitrogen and oxygen atoms in total. The molecule has 0 spiro atoms. The summed E-state index contributed by atoms with van der Waals surface area (Å²) in [7, 11) is 0. The van der Waals surface area contributed by atoms with E-state index in [1.165, 1.54) is 0 Å². The fraction of sp³-hybridized carbons (Fsp3) is 0.444. The summed E-state index contributed by atoms with van der Waals surface area (Å²) in [6.07, 6.45) is 2.61. The fourth-order valence-corrected chi connectivity index (χ4v) is 4.37. The van der Waals surface area contributed by atoms with Crippen LogP contribution in [0.1, 0.15) is 62.0 Å². The Kier molecular flexibility index (Phi) is 10.1. The number of carbonyl (C=O) groups excluding carboxylic acids is 2. The number of aliphatic carboxylic acids is 1. The topological polar surface area (TPSA) is 125 Å². The average molecular weight is 483 g/mol. The van der Waals surface area contributed by atoms with Gasteiger partial charge in [-0.1, -0.05) is 67.8 Å². The van der Waals surface area contributed by atoms with E-state index >= 15 is 0 Å². The first-order chi connectivity index (χ1) is 17.0. The molecule has 1 aliphatic rings. The number of hydrogen-bond donors (Lipinski definition) is 4. The molecular weight excluding hydrogens is 448 g/mol. The Morgan fingerprint density at radius 2 is 1.46 bits per heavy atom. The van der Waals surface area contributed by atoms with Crippen molar-refractivity contribution in [3.05, 3.63) is 59.7 Å². The summed E-state index contributed by atoms with van der Waals surface area (Å²) >= 11 is 0. The minimum atomic E-state index is -1.01. The van der Waals surface area contributed by atoms with E-state index in [-0.39, 0.29) is 37.8 Å². The Bertz CT molecular complexity index is 963. The number of benzene rings is 2. The van der Waals surface area contributed by atoms with Gasteiger partial charge in [0.2, 0.25) is 5.91 Å². The van der Waals surface area contributed by atoms with Crippen LogP contribution in [-0.2, 0) is 14.3 Å². The molecule has 2 aromatic carbocycles. The van der Waals surface area contributed by atoms with E-state index in [9.17, 15) is 19.5 Å². The molecule has 2 amide bonds. The summed E-state index contributed by atoms with van der Waals surface area (Å²) in [5.74, 6) is -1.09. The third-order valence-corrected chi connectivity index (χ3v) is 6.14. The van der Waals surface area contributed by atoms with E-state index in [2.05, 4.69) is 22.8 Å². The molecule has 0 saturated carbocycles. The molecule has 0 saturated heterocycles. The zero-order valence-corrected chi connectivity index (χ0v) is 19.9. The van der Waals surface area contributed by atoms with Gasteiger partial charge in [-0.2, -0.15) is 0 Å². The number of carboxylic acids is 1. The first kappa shape index (κ1) is 26.2. The minimum Gasteiger partial charge on any atom is -0.481 e. The molecule has 188 valence electrons. The van der Waals surface area contributed by atoms with Crippen LogP contribution in [0.25, 0.3) is 11.1 Å². The molecule has 1 unspecified atom stereocenters. The Morgan fingerprint density at radius 3 is 2.11 bits per heavy atom. The maximum Gasteiger partial charge on any atom is 0.407 e. The van der Waals surface area contributed by atoms with Gasteiger partial charge in [-0.15, -0.1) is 0 Å². The molecular formula is C27H34N2O6. The highest BCUT2D eigenvalue weighted by Crippen LogP contribution is 2.44. The van der Waals surface area contributed by atoms with Gasteiger partial charge >= 0.3 is 12.1 Å². The predicted octanol–water partition coefficient (Wildman–Crippen LogP) is 3.82. The smallest absolute Gasteiger partial charge is 0.407 e. The van der Waals surface area contributed by atoms with Gasteiger partial charge in [-0.05, 0) is 35.1 Å². The second-order valence-electron chi connectivity index (χ2n) is 8.83. The van der Waals surface area contributed by atoms with Crippen molar-refractivity contribution in [2.75, 3.05) is 19.7 Å². The van der Waals surface area contributed by atoms with Gasteiger partial charge in [0.05, 0.1) is 12.5 Å². The summed E-state index contributed by atoms with van der Waals surface area (Å²) in [6, 6.07) is 16.2. The van der Waals surface area contributed by atoms with Gasteiger partial charge in [-0.3, -0.25) is 9.59 Å². The Morgan fingerprint density at radius 1 is 0.857 bits per heavy atom. The summed E-state index contributed by atoms with van der Waals surface area (Å²) in [5.41, 5.74) is 4.55. The predicted molar refractivity (Wildman–Crippen MR) is 132 cm³/mol. The van der Waals surface area contributed by atoms with Crippen LogP contribution >= 0.6 is 0 Å². The quantitative estimate of drug-likeness (QED) is 0.304. The van der Waals surface area contributed by atoms with Crippen molar-refractivity contribution in [3.8, 4) is 11.1 Å². The van der Waals surface area contributed by atoms with Gasteiger partial charge in [0.15, 0.2) is 0 Å². The number of amides is 2. The highest BCUT2D eigenvalue weighted by molar-refractivity contribution is 5.79. The third-order valence-electron chi connectivity index (χ3n) is 6.14. The zero-order chi connectivity index (χ0) is 25.0. The standard InChI is InChI=1S/C27H34N2O6/c30-19(16-25(31)28-15-9-3-1-2-4-14-26(32)33)17-29-27(34)35-18-24-22-12-7-5-10-20(22)21-11-6-8-13-23(21)24/h5-8,10-13,19,24,30H,1-4,9,14-18H2,(H,28,31)(H,29,34)(H,32,33). The maximum absolute atomic E-state index is 12.2. The summed E-state index contributed by atoms with van der Waals surface area (Å²) in [4.78, 5) is 34.6. The molecule has 35 heavy (non-hydrogen) atoms. The lowest BCUT2D eigenvalue weighted by atomic mass is 9.98. The van der Waals surface area contributed by atoms with Crippen molar-refractivity contribution >= 4 is 18.0 Å². The van der Waals surface area contributed by atoms with Crippen LogP contribution < -0.4 is 10.6 Å². The number of hydrogen-bond acceptors (Lipinski definition) is 5. The molecule has 0 aromatic heterocycles. The van der Waals surface area contributed by atoms with Crippen molar-refractivity contribution in [3.63, 3.8) is 0 Å². The number of nitrogens with one attached hydrogen (secondary N) is 2. The minimum absolute atomic E-state index is 0.0407. The molecule has 0 aliphatic heterocycles. The Hall–Kier alpha value is -3.39. The number of ether oxygens (including phenoxy) is 1. The number of alkyl carbamates (subject to hydrolysis) is 1. The Balaban J connectivity index is 1.30. The number of aliphatic hydroxyl groups excluding tert-OH is 1. The van der Waals surface area contributed by atoms with Crippen molar-refractivity contribution in [2.24, 2.45) is 0 Å². The van der Waals surface area contributed by atoms with E-state index in [4.69, 9.17) is 9.84 Å². The van der Waals surface area contributed by atoms with Crippen LogP contribution in [-0.4, -0.2) is 54.0 Å². The fourth-order valence-electron chi connectivity index (χ4n) is 4.37. The molecule has 0 fully saturated rings. The molecule has 1 atom stereocenters. The van der Waals surface area contributed by atoms with Crippen molar-refractivity contribution in [1.29, 1.82) is 0 Å². The van der Waals surface area contributed by atoms with Gasteiger partial charge < -0.3 is 25.6 Å². The lowest BCUT2D eigenvalue weighted by Crippen LogP contribution is -2.36. The van der Waals surface area contributed by atoms with Crippen LogP contribution in [0.5, 0.6) is 0 Å². The normalized spacial score (nSPS) is 12.9. The molecule has 0 heterocycles. The molecule has 8 heteroatoms. The van der Waals surface area contributed by atoms with Gasteiger partial charge in [-0.25, -0.2) is 4.79 Å². The number of carboxylic acid groups (broad SMARTS) is 1. The third kappa shape index (κ3) is 8.10. The number of aliphatic hydroxyl groups is 1. The second-order valence-corrected chi connectivity index (χ2v) is 8.83. The number of fused-ring (bicyclic) bond motifs is 3. The van der Waals surface area contributed by atoms with Crippen LogP contribution in [0.2, 0.25) is 0 Å². The largest absolute Gasteiger partial charge is 0.481 e. The second kappa shape index (κ2) is 13.5. The van der Waals surface area contributed by atoms with Gasteiger partial charge in [0.1, 0.15) is 6.61 Å². The zero-order valence-electron chi connectivity index (χ0n) is 19.9. The summed E-state index contributed by atoms with van der Waals surface area (Å²) < 4.78 is 5.43. The van der Waals surface area contributed by atoms with Crippen LogP contribution in [0.3, 0.4) is 0 Å². The van der Waals surface area contributed by atoms with Crippen molar-refractivity contribution < 1.29 is 29.3 Å². The van der Waals surface area contributed by atoms with Gasteiger partial charge in [0.25, 0.3) is 0 Å². The van der Waals surface area contributed by atoms with Crippen molar-refractivity contribution in [1.82, 2.24) is 10.6 Å². The monoisotopic (exact) mass is 482 g/mol. The highest BCUT2D eigenvalue weighted by Gasteiger charge is 2.29. The van der Waals surface area contributed by atoms with E-state index in [1.807, 2.05) is 36.4 Å². The first-order valence-electron chi connectivity index (χ1n) is 12.2. The summed E-state index contributed by atoms with van der Waals surface area (Å²) in [5, 5.41) is 24.0. The van der Waals surface area contributed by atoms with Crippen molar-refractivity contribution in [2.45, 2.75) is 57.0 Å².